The molecule has 0 saturated carbocycles. The lowest BCUT2D eigenvalue weighted by Gasteiger charge is -2.36. The van der Waals surface area contributed by atoms with Gasteiger partial charge in [-0.2, -0.15) is 0 Å². The summed E-state index contributed by atoms with van der Waals surface area (Å²) in [6.45, 7) is 15.8. The number of thiazole rings is 1. The standard InChI is InChI=1S/C16H29N3OS/c1-7-13-14(8-17-16(4,5)6)21-15(18-13)19-9-12(3)20-10-11(19)2/h11-12,17H,7-10H2,1-6H3. The highest BCUT2D eigenvalue weighted by Gasteiger charge is 2.27. The van der Waals surface area contributed by atoms with E-state index in [9.17, 15) is 0 Å². The minimum atomic E-state index is 0.135. The van der Waals surface area contributed by atoms with Gasteiger partial charge in [-0.1, -0.05) is 6.92 Å². The number of nitrogens with one attached hydrogen (secondary N) is 1. The van der Waals surface area contributed by atoms with Crippen LogP contribution in [-0.4, -0.2) is 35.8 Å². The third kappa shape index (κ3) is 4.41. The Morgan fingerprint density at radius 1 is 1.38 bits per heavy atom. The fourth-order valence-corrected chi connectivity index (χ4v) is 3.62. The third-order valence-electron chi connectivity index (χ3n) is 3.73. The smallest absolute Gasteiger partial charge is 0.186 e. The first-order chi connectivity index (χ1) is 9.80. The van der Waals surface area contributed by atoms with Crippen LogP contribution in [0.1, 0.15) is 52.1 Å². The van der Waals surface area contributed by atoms with Crippen LogP contribution in [0.15, 0.2) is 0 Å². The second kappa shape index (κ2) is 6.63. The van der Waals surface area contributed by atoms with Gasteiger partial charge < -0.3 is 15.0 Å². The Labute approximate surface area is 132 Å². The van der Waals surface area contributed by atoms with Gasteiger partial charge in [0.1, 0.15) is 0 Å². The summed E-state index contributed by atoms with van der Waals surface area (Å²) in [7, 11) is 0. The molecule has 1 aliphatic rings. The van der Waals surface area contributed by atoms with Gasteiger partial charge in [-0.15, -0.1) is 11.3 Å². The number of rotatable bonds is 4. The number of hydrogen-bond donors (Lipinski definition) is 1. The van der Waals surface area contributed by atoms with E-state index in [0.29, 0.717) is 6.04 Å². The van der Waals surface area contributed by atoms with E-state index >= 15 is 0 Å². The number of anilines is 1. The van der Waals surface area contributed by atoms with Gasteiger partial charge >= 0.3 is 0 Å². The Kier molecular flexibility index (Phi) is 5.28. The maximum absolute atomic E-state index is 5.72. The highest BCUT2D eigenvalue weighted by atomic mass is 32.1. The maximum atomic E-state index is 5.72. The monoisotopic (exact) mass is 311 g/mol. The zero-order chi connectivity index (χ0) is 15.6. The van der Waals surface area contributed by atoms with Crippen LogP contribution in [0, 0.1) is 0 Å². The van der Waals surface area contributed by atoms with Gasteiger partial charge in [-0.25, -0.2) is 4.98 Å². The van der Waals surface area contributed by atoms with Crippen molar-refractivity contribution in [1.29, 1.82) is 0 Å². The lowest BCUT2D eigenvalue weighted by molar-refractivity contribution is 0.0343. The van der Waals surface area contributed by atoms with Crippen LogP contribution >= 0.6 is 11.3 Å². The molecule has 120 valence electrons. The van der Waals surface area contributed by atoms with E-state index in [1.807, 2.05) is 11.3 Å². The van der Waals surface area contributed by atoms with Crippen LogP contribution in [0.4, 0.5) is 5.13 Å². The largest absolute Gasteiger partial charge is 0.375 e. The van der Waals surface area contributed by atoms with Gasteiger partial charge in [0.15, 0.2) is 5.13 Å². The zero-order valence-electron chi connectivity index (χ0n) is 14.2. The number of ether oxygens (including phenoxy) is 1. The van der Waals surface area contributed by atoms with Crippen molar-refractivity contribution >= 4 is 16.5 Å². The Balaban J connectivity index is 2.15. The molecule has 0 radical (unpaired) electrons. The first kappa shape index (κ1) is 16.7. The van der Waals surface area contributed by atoms with Crippen molar-refractivity contribution in [3.63, 3.8) is 0 Å². The van der Waals surface area contributed by atoms with Crippen molar-refractivity contribution in [2.75, 3.05) is 18.1 Å². The van der Waals surface area contributed by atoms with E-state index in [2.05, 4.69) is 51.8 Å². The van der Waals surface area contributed by atoms with Crippen LogP contribution in [0.2, 0.25) is 0 Å². The van der Waals surface area contributed by atoms with E-state index in [1.165, 1.54) is 10.6 Å². The molecular formula is C16H29N3OS. The van der Waals surface area contributed by atoms with Crippen molar-refractivity contribution in [1.82, 2.24) is 10.3 Å². The summed E-state index contributed by atoms with van der Waals surface area (Å²) in [6.07, 6.45) is 1.28. The molecule has 1 fully saturated rings. The minimum absolute atomic E-state index is 0.135. The molecule has 1 aromatic rings. The number of aryl methyl sites for hydroxylation is 1. The van der Waals surface area contributed by atoms with Gasteiger partial charge in [-0.3, -0.25) is 0 Å². The van der Waals surface area contributed by atoms with E-state index in [1.54, 1.807) is 0 Å². The average molecular weight is 311 g/mol. The molecule has 1 saturated heterocycles. The fourth-order valence-electron chi connectivity index (χ4n) is 2.42. The molecule has 1 aliphatic heterocycles. The van der Waals surface area contributed by atoms with Crippen LogP contribution in [0.25, 0.3) is 0 Å². The van der Waals surface area contributed by atoms with Gasteiger partial charge in [-0.05, 0) is 41.0 Å². The number of nitrogens with zero attached hydrogens (tertiary/aromatic N) is 2. The molecular weight excluding hydrogens is 282 g/mol. The second-order valence-corrected chi connectivity index (χ2v) is 8.03. The van der Waals surface area contributed by atoms with Crippen LogP contribution in [-0.2, 0) is 17.7 Å². The number of aromatic nitrogens is 1. The van der Waals surface area contributed by atoms with Crippen LogP contribution in [0.5, 0.6) is 0 Å². The van der Waals surface area contributed by atoms with E-state index in [0.717, 1.165) is 31.2 Å². The Morgan fingerprint density at radius 2 is 2.10 bits per heavy atom. The highest BCUT2D eigenvalue weighted by molar-refractivity contribution is 7.15. The topological polar surface area (TPSA) is 37.4 Å². The predicted molar refractivity (Wildman–Crippen MR) is 90.3 cm³/mol. The number of hydrogen-bond acceptors (Lipinski definition) is 5. The molecule has 2 heterocycles. The van der Waals surface area contributed by atoms with E-state index in [4.69, 9.17) is 9.72 Å². The van der Waals surface area contributed by atoms with Crippen molar-refractivity contribution < 1.29 is 4.74 Å². The summed E-state index contributed by atoms with van der Waals surface area (Å²) in [5.41, 5.74) is 1.37. The molecule has 1 N–H and O–H groups in total. The molecule has 4 nitrogen and oxygen atoms in total. The fraction of sp³-hybridized carbons (Fsp3) is 0.812. The highest BCUT2D eigenvalue weighted by Crippen LogP contribution is 2.30. The summed E-state index contributed by atoms with van der Waals surface area (Å²) in [6, 6.07) is 0.403. The summed E-state index contributed by atoms with van der Waals surface area (Å²) in [5.74, 6) is 0. The summed E-state index contributed by atoms with van der Waals surface area (Å²) < 4.78 is 5.72. The normalized spacial score (nSPS) is 23.6. The summed E-state index contributed by atoms with van der Waals surface area (Å²) >= 11 is 1.83. The average Bonchev–Trinajstić information content (AvgIpc) is 2.81. The lowest BCUT2D eigenvalue weighted by Crippen LogP contribution is -2.47. The Hall–Kier alpha value is -0.650. The predicted octanol–water partition coefficient (Wildman–Crippen LogP) is 3.21. The molecule has 1 aromatic heterocycles. The lowest BCUT2D eigenvalue weighted by atomic mass is 10.1. The van der Waals surface area contributed by atoms with Crippen molar-refractivity contribution in [2.24, 2.45) is 0 Å². The quantitative estimate of drug-likeness (QED) is 0.926. The molecule has 0 amide bonds. The van der Waals surface area contributed by atoms with Crippen molar-refractivity contribution in [3.8, 4) is 0 Å². The minimum Gasteiger partial charge on any atom is -0.375 e. The molecule has 0 aromatic carbocycles. The molecule has 21 heavy (non-hydrogen) atoms. The Bertz CT molecular complexity index is 467. The molecule has 2 rings (SSSR count). The summed E-state index contributed by atoms with van der Waals surface area (Å²) in [5, 5.41) is 4.73. The van der Waals surface area contributed by atoms with E-state index in [-0.39, 0.29) is 11.6 Å². The van der Waals surface area contributed by atoms with Crippen molar-refractivity contribution in [3.05, 3.63) is 10.6 Å². The molecule has 2 unspecified atom stereocenters. The third-order valence-corrected chi connectivity index (χ3v) is 4.87. The maximum Gasteiger partial charge on any atom is 0.186 e. The van der Waals surface area contributed by atoms with Gasteiger partial charge in [0, 0.05) is 23.5 Å². The zero-order valence-corrected chi connectivity index (χ0v) is 15.0. The first-order valence-corrected chi connectivity index (χ1v) is 8.73. The van der Waals surface area contributed by atoms with Gasteiger partial charge in [0.25, 0.3) is 0 Å². The molecule has 0 bridgehead atoms. The van der Waals surface area contributed by atoms with Crippen LogP contribution in [0.3, 0.4) is 0 Å². The summed E-state index contributed by atoms with van der Waals surface area (Å²) in [4.78, 5) is 8.66. The van der Waals surface area contributed by atoms with Crippen LogP contribution < -0.4 is 10.2 Å². The molecule has 5 heteroatoms. The number of morpholine rings is 1. The Morgan fingerprint density at radius 3 is 2.71 bits per heavy atom. The SMILES string of the molecule is CCc1nc(N2CC(C)OCC2C)sc1CNC(C)(C)C. The van der Waals surface area contributed by atoms with Gasteiger partial charge in [0.05, 0.1) is 24.4 Å². The molecule has 0 aliphatic carbocycles. The van der Waals surface area contributed by atoms with Gasteiger partial charge in [0.2, 0.25) is 0 Å². The van der Waals surface area contributed by atoms with Crippen molar-refractivity contribution in [2.45, 2.75) is 72.2 Å². The first-order valence-electron chi connectivity index (χ1n) is 7.92. The van der Waals surface area contributed by atoms with E-state index < -0.39 is 0 Å². The molecule has 2 atom stereocenters. The molecule has 0 spiro atoms. The second-order valence-electron chi connectivity index (χ2n) is 6.97.